The summed E-state index contributed by atoms with van der Waals surface area (Å²) in [6.07, 6.45) is 2.80. The van der Waals surface area contributed by atoms with Crippen molar-refractivity contribution in [1.29, 1.82) is 0 Å². The van der Waals surface area contributed by atoms with Crippen LogP contribution >= 0.6 is 11.3 Å². The van der Waals surface area contributed by atoms with E-state index < -0.39 is 0 Å². The minimum absolute atomic E-state index is 0.0749. The lowest BCUT2D eigenvalue weighted by molar-refractivity contribution is -0.121. The zero-order valence-corrected chi connectivity index (χ0v) is 12.5. The Morgan fingerprint density at radius 2 is 2.19 bits per heavy atom. The van der Waals surface area contributed by atoms with Gasteiger partial charge in [0.15, 0.2) is 0 Å². The van der Waals surface area contributed by atoms with Gasteiger partial charge < -0.3 is 10.6 Å². The number of benzene rings is 1. The highest BCUT2D eigenvalue weighted by atomic mass is 32.1. The first-order chi connectivity index (χ1) is 10.3. The van der Waals surface area contributed by atoms with Crippen molar-refractivity contribution in [3.8, 4) is 10.6 Å². The van der Waals surface area contributed by atoms with E-state index in [1.807, 2.05) is 30.3 Å². The molecule has 1 aromatic heterocycles. The van der Waals surface area contributed by atoms with Crippen molar-refractivity contribution in [2.75, 3.05) is 6.54 Å². The standard InChI is InChI=1S/C15H18N4OS/c20-13(9-12-7-4-8-16-12)17-10-14-18-19-15(21-14)11-5-2-1-3-6-11/h1-3,5-6,12,16H,4,7-10H2,(H,17,20). The molecule has 2 heterocycles. The van der Waals surface area contributed by atoms with Crippen LogP contribution in [0.4, 0.5) is 0 Å². The lowest BCUT2D eigenvalue weighted by Gasteiger charge is -2.09. The minimum atomic E-state index is 0.0749. The Labute approximate surface area is 127 Å². The second kappa shape index (κ2) is 6.78. The molecule has 1 saturated heterocycles. The number of rotatable bonds is 5. The largest absolute Gasteiger partial charge is 0.349 e. The molecular formula is C15H18N4OS. The van der Waals surface area contributed by atoms with Gasteiger partial charge in [-0.25, -0.2) is 0 Å². The fourth-order valence-corrected chi connectivity index (χ4v) is 3.21. The van der Waals surface area contributed by atoms with Gasteiger partial charge in [-0.3, -0.25) is 4.79 Å². The van der Waals surface area contributed by atoms with E-state index in [-0.39, 0.29) is 5.91 Å². The van der Waals surface area contributed by atoms with Crippen LogP contribution in [0.3, 0.4) is 0 Å². The molecule has 1 aliphatic heterocycles. The predicted octanol–water partition coefficient (Wildman–Crippen LogP) is 1.96. The lowest BCUT2D eigenvalue weighted by atomic mass is 10.1. The second-order valence-electron chi connectivity index (χ2n) is 5.14. The molecule has 0 aliphatic carbocycles. The van der Waals surface area contributed by atoms with Crippen LogP contribution in [0.2, 0.25) is 0 Å². The molecule has 1 atom stereocenters. The zero-order valence-electron chi connectivity index (χ0n) is 11.7. The Bertz CT molecular complexity index is 593. The van der Waals surface area contributed by atoms with Crippen molar-refractivity contribution in [3.05, 3.63) is 35.3 Å². The first-order valence-corrected chi connectivity index (χ1v) is 8.01. The van der Waals surface area contributed by atoms with Gasteiger partial charge in [0.2, 0.25) is 5.91 Å². The normalized spacial score (nSPS) is 17.8. The van der Waals surface area contributed by atoms with E-state index in [0.717, 1.165) is 35.0 Å². The average Bonchev–Trinajstić information content (AvgIpc) is 3.17. The third-order valence-electron chi connectivity index (χ3n) is 3.52. The molecule has 0 bridgehead atoms. The Balaban J connectivity index is 1.51. The summed E-state index contributed by atoms with van der Waals surface area (Å²) < 4.78 is 0. The van der Waals surface area contributed by atoms with E-state index in [1.54, 1.807) is 0 Å². The third kappa shape index (κ3) is 3.86. The monoisotopic (exact) mass is 302 g/mol. The third-order valence-corrected chi connectivity index (χ3v) is 4.49. The summed E-state index contributed by atoms with van der Waals surface area (Å²) in [5, 5.41) is 16.3. The number of hydrogen-bond acceptors (Lipinski definition) is 5. The minimum Gasteiger partial charge on any atom is -0.349 e. The number of aromatic nitrogens is 2. The van der Waals surface area contributed by atoms with E-state index in [1.165, 1.54) is 11.3 Å². The van der Waals surface area contributed by atoms with Gasteiger partial charge in [0.1, 0.15) is 10.0 Å². The van der Waals surface area contributed by atoms with E-state index in [4.69, 9.17) is 0 Å². The van der Waals surface area contributed by atoms with E-state index in [9.17, 15) is 4.79 Å². The number of hydrogen-bond donors (Lipinski definition) is 2. The SMILES string of the molecule is O=C(CC1CCCN1)NCc1nnc(-c2ccccc2)s1. The van der Waals surface area contributed by atoms with Gasteiger partial charge in [-0.2, -0.15) is 0 Å². The molecule has 1 amide bonds. The Morgan fingerprint density at radius 3 is 2.95 bits per heavy atom. The molecule has 1 fully saturated rings. The molecule has 5 nitrogen and oxygen atoms in total. The molecule has 0 saturated carbocycles. The van der Waals surface area contributed by atoms with Gasteiger partial charge in [0.05, 0.1) is 6.54 Å². The highest BCUT2D eigenvalue weighted by molar-refractivity contribution is 7.14. The van der Waals surface area contributed by atoms with Crippen LogP contribution in [0.1, 0.15) is 24.3 Å². The molecule has 0 radical (unpaired) electrons. The first kappa shape index (κ1) is 14.2. The Hall–Kier alpha value is -1.79. The number of nitrogens with one attached hydrogen (secondary N) is 2. The van der Waals surface area contributed by atoms with Crippen molar-refractivity contribution in [3.63, 3.8) is 0 Å². The quantitative estimate of drug-likeness (QED) is 0.886. The van der Waals surface area contributed by atoms with Crippen LogP contribution in [0.15, 0.2) is 30.3 Å². The second-order valence-corrected chi connectivity index (χ2v) is 6.20. The van der Waals surface area contributed by atoms with Gasteiger partial charge >= 0.3 is 0 Å². The molecule has 1 unspecified atom stereocenters. The van der Waals surface area contributed by atoms with E-state index in [2.05, 4.69) is 20.8 Å². The fraction of sp³-hybridized carbons (Fsp3) is 0.400. The number of carbonyl (C=O) groups is 1. The molecular weight excluding hydrogens is 284 g/mol. The van der Waals surface area contributed by atoms with Crippen molar-refractivity contribution in [1.82, 2.24) is 20.8 Å². The maximum atomic E-state index is 11.9. The molecule has 6 heteroatoms. The maximum Gasteiger partial charge on any atom is 0.221 e. The van der Waals surface area contributed by atoms with Crippen LogP contribution in [0.5, 0.6) is 0 Å². The average molecular weight is 302 g/mol. The van der Waals surface area contributed by atoms with Crippen LogP contribution < -0.4 is 10.6 Å². The lowest BCUT2D eigenvalue weighted by Crippen LogP contribution is -2.31. The summed E-state index contributed by atoms with van der Waals surface area (Å²) in [4.78, 5) is 11.9. The molecule has 0 spiro atoms. The van der Waals surface area contributed by atoms with Crippen LogP contribution in [-0.2, 0) is 11.3 Å². The molecule has 21 heavy (non-hydrogen) atoms. The topological polar surface area (TPSA) is 66.9 Å². The van der Waals surface area contributed by atoms with Crippen molar-refractivity contribution in [2.45, 2.75) is 31.8 Å². The number of nitrogens with zero attached hydrogens (tertiary/aromatic N) is 2. The van der Waals surface area contributed by atoms with Gasteiger partial charge in [-0.1, -0.05) is 41.7 Å². The molecule has 2 N–H and O–H groups in total. The highest BCUT2D eigenvalue weighted by Crippen LogP contribution is 2.22. The summed E-state index contributed by atoms with van der Waals surface area (Å²) in [6, 6.07) is 10.3. The van der Waals surface area contributed by atoms with Crippen LogP contribution in [-0.4, -0.2) is 28.7 Å². The van der Waals surface area contributed by atoms with Crippen molar-refractivity contribution < 1.29 is 4.79 Å². The number of carbonyl (C=O) groups excluding carboxylic acids is 1. The fourth-order valence-electron chi connectivity index (χ4n) is 2.42. The number of amides is 1. The molecule has 110 valence electrons. The molecule has 1 aromatic carbocycles. The summed E-state index contributed by atoms with van der Waals surface area (Å²) >= 11 is 1.52. The first-order valence-electron chi connectivity index (χ1n) is 7.19. The van der Waals surface area contributed by atoms with Crippen molar-refractivity contribution >= 4 is 17.2 Å². The van der Waals surface area contributed by atoms with Crippen molar-refractivity contribution in [2.24, 2.45) is 0 Å². The predicted molar refractivity (Wildman–Crippen MR) is 82.8 cm³/mol. The Morgan fingerprint density at radius 1 is 1.33 bits per heavy atom. The molecule has 1 aliphatic rings. The molecule has 3 rings (SSSR count). The van der Waals surface area contributed by atoms with E-state index >= 15 is 0 Å². The van der Waals surface area contributed by atoms with Gasteiger partial charge in [-0.05, 0) is 19.4 Å². The zero-order chi connectivity index (χ0) is 14.5. The summed E-state index contributed by atoms with van der Waals surface area (Å²) in [6.45, 7) is 1.48. The summed E-state index contributed by atoms with van der Waals surface area (Å²) in [5.74, 6) is 0.0749. The van der Waals surface area contributed by atoms with Gasteiger partial charge in [-0.15, -0.1) is 10.2 Å². The smallest absolute Gasteiger partial charge is 0.221 e. The van der Waals surface area contributed by atoms with Gasteiger partial charge in [0.25, 0.3) is 0 Å². The van der Waals surface area contributed by atoms with Crippen LogP contribution in [0, 0.1) is 0 Å². The molecule has 2 aromatic rings. The highest BCUT2D eigenvalue weighted by Gasteiger charge is 2.17. The summed E-state index contributed by atoms with van der Waals surface area (Å²) in [5.41, 5.74) is 1.06. The van der Waals surface area contributed by atoms with E-state index in [0.29, 0.717) is 19.0 Å². The maximum absolute atomic E-state index is 11.9. The Kier molecular flexibility index (Phi) is 4.57. The van der Waals surface area contributed by atoms with Gasteiger partial charge in [0, 0.05) is 18.0 Å². The van der Waals surface area contributed by atoms with Crippen LogP contribution in [0.25, 0.3) is 10.6 Å². The summed E-state index contributed by atoms with van der Waals surface area (Å²) in [7, 11) is 0.